The molecule has 1 aliphatic rings. The minimum absolute atomic E-state index is 0.0130. The van der Waals surface area contributed by atoms with E-state index < -0.39 is 5.97 Å². The van der Waals surface area contributed by atoms with E-state index in [9.17, 15) is 4.79 Å². The lowest BCUT2D eigenvalue weighted by molar-refractivity contribution is -0.132. The third-order valence-corrected chi connectivity index (χ3v) is 4.32. The molecule has 0 amide bonds. The number of nitrogens with one attached hydrogen (secondary N) is 1. The molecule has 2 aromatic carbocycles. The van der Waals surface area contributed by atoms with Gasteiger partial charge in [-0.15, -0.1) is 0 Å². The van der Waals surface area contributed by atoms with Crippen LogP contribution in [-0.2, 0) is 9.53 Å². The smallest absolute Gasteiger partial charge is 0.330 e. The van der Waals surface area contributed by atoms with Crippen molar-refractivity contribution in [1.82, 2.24) is 0 Å². The first-order valence-electron chi connectivity index (χ1n) is 9.63. The highest BCUT2D eigenvalue weighted by Gasteiger charge is 2.17. The average Bonchev–Trinajstić information content (AvgIpc) is 2.73. The fourth-order valence-corrected chi connectivity index (χ4v) is 2.91. The third-order valence-electron chi connectivity index (χ3n) is 4.32. The fraction of sp³-hybridized carbons (Fsp3) is 0.364. The van der Waals surface area contributed by atoms with Gasteiger partial charge in [-0.2, -0.15) is 5.26 Å². The van der Waals surface area contributed by atoms with Gasteiger partial charge in [0.2, 0.25) is 0 Å². The molecule has 1 N–H and O–H groups in total. The van der Waals surface area contributed by atoms with E-state index in [0.717, 1.165) is 18.5 Å². The Kier molecular flexibility index (Phi) is 7.31. The highest BCUT2D eigenvalue weighted by atomic mass is 16.5. The zero-order valence-corrected chi connectivity index (χ0v) is 16.3. The van der Waals surface area contributed by atoms with Crippen LogP contribution >= 0.6 is 0 Å². The Balaban J connectivity index is 1.61. The van der Waals surface area contributed by atoms with Gasteiger partial charge in [-0.3, -0.25) is 0 Å². The van der Waals surface area contributed by atoms with Gasteiger partial charge in [0.05, 0.1) is 31.5 Å². The van der Waals surface area contributed by atoms with Gasteiger partial charge >= 0.3 is 5.97 Å². The summed E-state index contributed by atoms with van der Waals surface area (Å²) >= 11 is 0. The van der Waals surface area contributed by atoms with Gasteiger partial charge in [-0.05, 0) is 31.2 Å². The number of carbonyl (C=O) groups is 1. The molecule has 0 radical (unpaired) electrons. The molecule has 1 saturated heterocycles. The van der Waals surface area contributed by atoms with Crippen molar-refractivity contribution in [2.75, 3.05) is 31.7 Å². The van der Waals surface area contributed by atoms with E-state index in [1.807, 2.05) is 6.92 Å². The average molecular weight is 396 g/mol. The number of benzene rings is 2. The monoisotopic (exact) mass is 396 g/mol. The maximum atomic E-state index is 12.2. The molecule has 0 aromatic heterocycles. The first kappa shape index (κ1) is 20.5. The second kappa shape index (κ2) is 10.3. The quantitative estimate of drug-likeness (QED) is 0.539. The molecular weight excluding hydrogens is 372 g/mol. The Morgan fingerprint density at radius 3 is 2.52 bits per heavy atom. The van der Waals surface area contributed by atoms with Gasteiger partial charge in [0.15, 0.2) is 0 Å². The van der Waals surface area contributed by atoms with Gasteiger partial charge in [-0.25, -0.2) is 4.79 Å². The van der Waals surface area contributed by atoms with Crippen molar-refractivity contribution in [3.05, 3.63) is 48.0 Å². The van der Waals surface area contributed by atoms with Crippen molar-refractivity contribution in [2.45, 2.75) is 25.9 Å². The second-order valence-electron chi connectivity index (χ2n) is 6.52. The lowest BCUT2D eigenvalue weighted by Crippen LogP contribution is -2.26. The summed E-state index contributed by atoms with van der Waals surface area (Å²) in [5, 5.41) is 11.8. The predicted molar refractivity (Wildman–Crippen MR) is 107 cm³/mol. The van der Waals surface area contributed by atoms with E-state index in [1.54, 1.807) is 42.5 Å². The molecule has 3 rings (SSSR count). The van der Waals surface area contributed by atoms with Crippen LogP contribution in [-0.4, -0.2) is 38.4 Å². The highest BCUT2D eigenvalue weighted by Crippen LogP contribution is 2.30. The molecule has 7 heteroatoms. The molecule has 29 heavy (non-hydrogen) atoms. The van der Waals surface area contributed by atoms with Crippen LogP contribution in [0, 0.1) is 11.3 Å². The van der Waals surface area contributed by atoms with Crippen molar-refractivity contribution in [3.8, 4) is 23.3 Å². The summed E-state index contributed by atoms with van der Waals surface area (Å²) in [4.78, 5) is 12.2. The lowest BCUT2D eigenvalue weighted by atomic mass is 10.1. The Labute approximate surface area is 170 Å². The van der Waals surface area contributed by atoms with Crippen molar-refractivity contribution in [3.63, 3.8) is 0 Å². The topological polar surface area (TPSA) is 89.8 Å². The molecule has 1 aliphatic heterocycles. The maximum absolute atomic E-state index is 12.2. The molecule has 152 valence electrons. The molecule has 1 heterocycles. The van der Waals surface area contributed by atoms with Crippen LogP contribution in [0.1, 0.15) is 25.3 Å². The Morgan fingerprint density at radius 1 is 1.14 bits per heavy atom. The van der Waals surface area contributed by atoms with Crippen LogP contribution in [0.2, 0.25) is 0 Å². The standard InChI is InChI=1S/C22H24N2O5/c1-2-27-19-11-20(28-18-7-9-26-10-8-18)13-21(12-19)29-22(25)15-24-17-5-3-16(14-23)4-6-17/h3-6,11-13,18,24H,2,7-10,15H2,1H3. The van der Waals surface area contributed by atoms with Crippen LogP contribution in [0.3, 0.4) is 0 Å². The fourth-order valence-electron chi connectivity index (χ4n) is 2.91. The molecule has 0 bridgehead atoms. The molecule has 0 spiro atoms. The molecule has 0 saturated carbocycles. The minimum Gasteiger partial charge on any atom is -0.494 e. The lowest BCUT2D eigenvalue weighted by Gasteiger charge is -2.23. The Morgan fingerprint density at radius 2 is 1.83 bits per heavy atom. The van der Waals surface area contributed by atoms with Crippen molar-refractivity contribution in [2.24, 2.45) is 0 Å². The second-order valence-corrected chi connectivity index (χ2v) is 6.52. The van der Waals surface area contributed by atoms with E-state index in [-0.39, 0.29) is 12.6 Å². The summed E-state index contributed by atoms with van der Waals surface area (Å²) in [6, 6.07) is 14.0. The van der Waals surface area contributed by atoms with Crippen LogP contribution in [0.25, 0.3) is 0 Å². The number of rotatable bonds is 8. The van der Waals surface area contributed by atoms with Gasteiger partial charge < -0.3 is 24.3 Å². The number of nitrogens with zero attached hydrogens (tertiary/aromatic N) is 1. The number of hydrogen-bond donors (Lipinski definition) is 1. The van der Waals surface area contributed by atoms with Gasteiger partial charge in [0.25, 0.3) is 0 Å². The van der Waals surface area contributed by atoms with Crippen molar-refractivity contribution < 1.29 is 23.7 Å². The van der Waals surface area contributed by atoms with Crippen molar-refractivity contribution >= 4 is 11.7 Å². The summed E-state index contributed by atoms with van der Waals surface area (Å²) in [7, 11) is 0. The number of hydrogen-bond acceptors (Lipinski definition) is 7. The molecule has 2 aromatic rings. The number of anilines is 1. The predicted octanol–water partition coefficient (Wildman–Crippen LogP) is 3.53. The first-order chi connectivity index (χ1) is 14.2. The normalized spacial score (nSPS) is 13.9. The van der Waals surface area contributed by atoms with Crippen LogP contribution in [0.5, 0.6) is 17.2 Å². The molecule has 0 unspecified atom stereocenters. The number of ether oxygens (including phenoxy) is 4. The minimum atomic E-state index is -0.444. The Hall–Kier alpha value is -3.24. The number of esters is 1. The number of nitriles is 1. The summed E-state index contributed by atoms with van der Waals surface area (Å²) in [5.74, 6) is 1.11. The van der Waals surface area contributed by atoms with E-state index in [0.29, 0.717) is 42.6 Å². The van der Waals surface area contributed by atoms with E-state index >= 15 is 0 Å². The molecule has 0 atom stereocenters. The SMILES string of the molecule is CCOc1cc(OC(=O)CNc2ccc(C#N)cc2)cc(OC2CCOCC2)c1. The highest BCUT2D eigenvalue weighted by molar-refractivity contribution is 5.77. The molecular formula is C22H24N2O5. The van der Waals surface area contributed by atoms with E-state index in [2.05, 4.69) is 11.4 Å². The summed E-state index contributed by atoms with van der Waals surface area (Å²) in [5.41, 5.74) is 1.29. The maximum Gasteiger partial charge on any atom is 0.330 e. The van der Waals surface area contributed by atoms with Gasteiger partial charge in [0, 0.05) is 36.7 Å². The van der Waals surface area contributed by atoms with Gasteiger partial charge in [0.1, 0.15) is 29.9 Å². The van der Waals surface area contributed by atoms with Crippen molar-refractivity contribution in [1.29, 1.82) is 5.26 Å². The first-order valence-corrected chi connectivity index (χ1v) is 9.63. The molecule has 1 fully saturated rings. The van der Waals surface area contributed by atoms with Crippen LogP contribution in [0.4, 0.5) is 5.69 Å². The largest absolute Gasteiger partial charge is 0.494 e. The zero-order chi connectivity index (χ0) is 20.5. The van der Waals surface area contributed by atoms with Crippen LogP contribution < -0.4 is 19.5 Å². The van der Waals surface area contributed by atoms with Gasteiger partial charge in [-0.1, -0.05) is 0 Å². The van der Waals surface area contributed by atoms with E-state index in [1.165, 1.54) is 0 Å². The summed E-state index contributed by atoms with van der Waals surface area (Å²) < 4.78 is 22.4. The number of carbonyl (C=O) groups excluding carboxylic acids is 1. The summed E-state index contributed by atoms with van der Waals surface area (Å²) in [6.07, 6.45) is 1.72. The van der Waals surface area contributed by atoms with Crippen LogP contribution in [0.15, 0.2) is 42.5 Å². The molecule has 0 aliphatic carbocycles. The Bertz CT molecular complexity index is 854. The zero-order valence-electron chi connectivity index (χ0n) is 16.3. The summed E-state index contributed by atoms with van der Waals surface area (Å²) in [6.45, 7) is 3.73. The molecule has 7 nitrogen and oxygen atoms in total. The third kappa shape index (κ3) is 6.40. The van der Waals surface area contributed by atoms with E-state index in [4.69, 9.17) is 24.2 Å².